The third kappa shape index (κ3) is 11.0. The van der Waals surface area contributed by atoms with Gasteiger partial charge < -0.3 is 10.5 Å². The van der Waals surface area contributed by atoms with Crippen LogP contribution in [0.1, 0.15) is 142 Å². The van der Waals surface area contributed by atoms with Gasteiger partial charge >= 0.3 is 5.97 Å². The summed E-state index contributed by atoms with van der Waals surface area (Å²) in [5.41, 5.74) is 10.9. The van der Waals surface area contributed by atoms with Crippen LogP contribution >= 0.6 is 0 Å². The Hall–Kier alpha value is -2.47. The Morgan fingerprint density at radius 1 is 0.768 bits per heavy atom. The summed E-state index contributed by atoms with van der Waals surface area (Å²) < 4.78 is 6.38. The van der Waals surface area contributed by atoms with Crippen LogP contribution in [0, 0.1) is 46.3 Å². The van der Waals surface area contributed by atoms with Gasteiger partial charge in [-0.1, -0.05) is 133 Å². The fourth-order valence-electron chi connectivity index (χ4n) is 12.5. The average molecular weight is 766 g/mol. The zero-order valence-corrected chi connectivity index (χ0v) is 36.2. The SMILES string of the molecule is CC(C)CCC[C@@H](C)[C@H]1CCC2C3CC=C4CC(OC(=O)CN(CCCCCN(CCCN)Cc5ccccc5)Cc5ccccc5)CC[C@]4(C)C3CC[C@@]21C. The fourth-order valence-corrected chi connectivity index (χ4v) is 12.5. The monoisotopic (exact) mass is 766 g/mol. The zero-order valence-electron chi connectivity index (χ0n) is 36.2. The second kappa shape index (κ2) is 20.5. The van der Waals surface area contributed by atoms with Crippen LogP contribution in [-0.4, -0.2) is 54.6 Å². The standard InChI is InChI=1S/C51H79N3O2/c1-39(2)17-15-18-40(3)46-25-26-47-45-24-23-43-35-44(27-29-50(43,4)48(45)28-30-51(46,47)5)56-49(55)38-54(37-42-21-11-7-12-22-42)33-14-8-13-32-53(34-16-31-52)36-41-19-9-6-10-20-41/h6-7,9-12,19-23,39-40,44-48H,8,13-18,24-38,52H2,1-5H3/t40-,44?,45?,46-,47?,48?,50+,51-/m1/s1. The number of nitrogens with zero attached hydrogens (tertiary/aromatic N) is 2. The van der Waals surface area contributed by atoms with Gasteiger partial charge in [-0.05, 0) is 148 Å². The molecule has 4 unspecified atom stereocenters. The van der Waals surface area contributed by atoms with Crippen molar-refractivity contribution in [3.8, 4) is 0 Å². The Balaban J connectivity index is 0.999. The quantitative estimate of drug-likeness (QED) is 0.0779. The topological polar surface area (TPSA) is 58.8 Å². The summed E-state index contributed by atoms with van der Waals surface area (Å²) in [6.45, 7) is 18.5. The van der Waals surface area contributed by atoms with Crippen LogP contribution in [0.2, 0.25) is 0 Å². The molecule has 0 amide bonds. The number of rotatable bonds is 21. The Labute approximate surface area is 342 Å². The number of unbranched alkanes of at least 4 members (excludes halogenated alkanes) is 2. The van der Waals surface area contributed by atoms with Gasteiger partial charge in [-0.2, -0.15) is 0 Å². The smallest absolute Gasteiger partial charge is 0.320 e. The number of benzene rings is 2. The first-order chi connectivity index (χ1) is 27.1. The van der Waals surface area contributed by atoms with Crippen LogP contribution in [0.5, 0.6) is 0 Å². The normalized spacial score (nSPS) is 29.2. The van der Waals surface area contributed by atoms with Gasteiger partial charge in [0.25, 0.3) is 0 Å². The molecule has 5 heteroatoms. The van der Waals surface area contributed by atoms with Gasteiger partial charge in [-0.15, -0.1) is 0 Å². The number of nitrogens with two attached hydrogens (primary N) is 1. The van der Waals surface area contributed by atoms with Gasteiger partial charge in [0.15, 0.2) is 0 Å². The van der Waals surface area contributed by atoms with E-state index < -0.39 is 0 Å². The Kier molecular flexibility index (Phi) is 15.8. The molecule has 8 atom stereocenters. The van der Waals surface area contributed by atoms with Crippen molar-refractivity contribution in [1.29, 1.82) is 0 Å². The average Bonchev–Trinajstić information content (AvgIpc) is 3.54. The largest absolute Gasteiger partial charge is 0.461 e. The van der Waals surface area contributed by atoms with E-state index in [2.05, 4.69) is 111 Å². The third-order valence-corrected chi connectivity index (χ3v) is 15.5. The molecule has 0 saturated heterocycles. The molecular formula is C51H79N3O2. The number of fused-ring (bicyclic) bond motifs is 5. The van der Waals surface area contributed by atoms with Crippen LogP contribution in [0.4, 0.5) is 0 Å². The lowest BCUT2D eigenvalue weighted by Crippen LogP contribution is -2.51. The summed E-state index contributed by atoms with van der Waals surface area (Å²) in [6, 6.07) is 21.4. The molecular weight excluding hydrogens is 687 g/mol. The van der Waals surface area contributed by atoms with Crippen molar-refractivity contribution in [2.75, 3.05) is 32.7 Å². The van der Waals surface area contributed by atoms with Gasteiger partial charge in [0.2, 0.25) is 0 Å². The molecule has 6 rings (SSSR count). The highest BCUT2D eigenvalue weighted by Crippen LogP contribution is 2.67. The van der Waals surface area contributed by atoms with Gasteiger partial charge in [0, 0.05) is 19.5 Å². The maximum atomic E-state index is 13.7. The molecule has 4 aliphatic carbocycles. The lowest BCUT2D eigenvalue weighted by Gasteiger charge is -2.58. The van der Waals surface area contributed by atoms with E-state index in [0.717, 1.165) is 120 Å². The molecule has 310 valence electrons. The number of hydrogen-bond donors (Lipinski definition) is 1. The van der Waals surface area contributed by atoms with E-state index in [1.807, 2.05) is 0 Å². The molecule has 2 aromatic carbocycles. The fraction of sp³-hybridized carbons (Fsp3) is 0.706. The maximum Gasteiger partial charge on any atom is 0.320 e. The van der Waals surface area contributed by atoms with Crippen molar-refractivity contribution in [2.45, 2.75) is 150 Å². The van der Waals surface area contributed by atoms with Crippen molar-refractivity contribution < 1.29 is 9.53 Å². The molecule has 0 radical (unpaired) electrons. The number of hydrogen-bond acceptors (Lipinski definition) is 5. The summed E-state index contributed by atoms with van der Waals surface area (Å²) in [5, 5.41) is 0. The lowest BCUT2D eigenvalue weighted by molar-refractivity contribution is -0.153. The molecule has 56 heavy (non-hydrogen) atoms. The maximum absolute atomic E-state index is 13.7. The van der Waals surface area contributed by atoms with E-state index in [-0.39, 0.29) is 17.5 Å². The summed E-state index contributed by atoms with van der Waals surface area (Å²) in [6.07, 6.45) is 21.3. The number of ether oxygens (including phenoxy) is 1. The molecule has 0 spiro atoms. The first kappa shape index (κ1) is 43.1. The van der Waals surface area contributed by atoms with E-state index in [0.29, 0.717) is 12.0 Å². The van der Waals surface area contributed by atoms with Crippen molar-refractivity contribution in [2.24, 2.45) is 52.1 Å². The van der Waals surface area contributed by atoms with Gasteiger partial charge in [-0.3, -0.25) is 14.6 Å². The zero-order chi connectivity index (χ0) is 39.5. The van der Waals surface area contributed by atoms with Gasteiger partial charge in [0.1, 0.15) is 6.10 Å². The predicted octanol–water partition coefficient (Wildman–Crippen LogP) is 11.5. The second-order valence-electron chi connectivity index (χ2n) is 19.8. The van der Waals surface area contributed by atoms with Crippen LogP contribution in [-0.2, 0) is 22.6 Å². The number of carbonyl (C=O) groups is 1. The number of allylic oxidation sites excluding steroid dienone is 1. The number of carbonyl (C=O) groups excluding carboxylic acids is 1. The van der Waals surface area contributed by atoms with Crippen LogP contribution in [0.25, 0.3) is 0 Å². The molecule has 0 aliphatic heterocycles. The highest BCUT2D eigenvalue weighted by atomic mass is 16.5. The minimum absolute atomic E-state index is 0.0116. The molecule has 2 aromatic rings. The van der Waals surface area contributed by atoms with E-state index in [4.69, 9.17) is 10.5 Å². The van der Waals surface area contributed by atoms with E-state index in [1.165, 1.54) is 62.5 Å². The summed E-state index contributed by atoms with van der Waals surface area (Å²) >= 11 is 0. The molecule has 3 saturated carbocycles. The first-order valence-corrected chi connectivity index (χ1v) is 23.2. The highest BCUT2D eigenvalue weighted by molar-refractivity contribution is 5.72. The van der Waals surface area contributed by atoms with Crippen LogP contribution < -0.4 is 5.73 Å². The highest BCUT2D eigenvalue weighted by Gasteiger charge is 2.59. The van der Waals surface area contributed by atoms with Crippen LogP contribution in [0.15, 0.2) is 72.3 Å². The lowest BCUT2D eigenvalue weighted by atomic mass is 9.47. The van der Waals surface area contributed by atoms with E-state index >= 15 is 0 Å². The summed E-state index contributed by atoms with van der Waals surface area (Å²) in [4.78, 5) is 18.5. The third-order valence-electron chi connectivity index (χ3n) is 15.5. The summed E-state index contributed by atoms with van der Waals surface area (Å²) in [5.74, 6) is 5.03. The van der Waals surface area contributed by atoms with Crippen molar-refractivity contribution in [1.82, 2.24) is 9.80 Å². The van der Waals surface area contributed by atoms with Crippen molar-refractivity contribution in [3.63, 3.8) is 0 Å². The number of esters is 1. The van der Waals surface area contributed by atoms with Gasteiger partial charge in [0.05, 0.1) is 6.54 Å². The summed E-state index contributed by atoms with van der Waals surface area (Å²) in [7, 11) is 0. The molecule has 4 aliphatic rings. The minimum atomic E-state index is -0.0485. The van der Waals surface area contributed by atoms with E-state index in [9.17, 15) is 4.79 Å². The predicted molar refractivity (Wildman–Crippen MR) is 234 cm³/mol. The molecule has 3 fully saturated rings. The Morgan fingerprint density at radius 2 is 1.43 bits per heavy atom. The molecule has 0 heterocycles. The molecule has 0 bridgehead atoms. The Morgan fingerprint density at radius 3 is 2.11 bits per heavy atom. The Bertz CT molecular complexity index is 1510. The van der Waals surface area contributed by atoms with Crippen LogP contribution in [0.3, 0.4) is 0 Å². The van der Waals surface area contributed by atoms with Crippen molar-refractivity contribution in [3.05, 3.63) is 83.4 Å². The second-order valence-corrected chi connectivity index (χ2v) is 19.8. The first-order valence-electron chi connectivity index (χ1n) is 23.2. The van der Waals surface area contributed by atoms with Gasteiger partial charge in [-0.25, -0.2) is 0 Å². The molecule has 5 nitrogen and oxygen atoms in total. The van der Waals surface area contributed by atoms with Crippen molar-refractivity contribution >= 4 is 5.97 Å². The molecule has 0 aromatic heterocycles. The van der Waals surface area contributed by atoms with E-state index in [1.54, 1.807) is 5.57 Å². The minimum Gasteiger partial charge on any atom is -0.461 e. The molecule has 2 N–H and O–H groups in total.